The van der Waals surface area contributed by atoms with E-state index in [1.54, 1.807) is 7.11 Å². The Kier molecular flexibility index (Phi) is 5.62. The zero-order chi connectivity index (χ0) is 13.6. The third-order valence-electron chi connectivity index (χ3n) is 2.72. The normalized spacial score (nSPS) is 13.3. The van der Waals surface area contributed by atoms with Crippen LogP contribution < -0.4 is 10.1 Å². The van der Waals surface area contributed by atoms with Crippen molar-refractivity contribution in [2.75, 3.05) is 25.7 Å². The number of rotatable bonds is 7. The molecule has 0 saturated carbocycles. The number of nitrogens with one attached hydrogen (secondary N) is 1. The summed E-state index contributed by atoms with van der Waals surface area (Å²) in [5.74, 6) is 0.969. The van der Waals surface area contributed by atoms with Crippen molar-refractivity contribution in [1.29, 1.82) is 0 Å². The Labute approximate surface area is 109 Å². The van der Waals surface area contributed by atoms with Crippen LogP contribution in [0.2, 0.25) is 0 Å². The highest BCUT2D eigenvalue weighted by molar-refractivity contribution is 7.90. The smallest absolute Gasteiger partial charge is 0.147 e. The van der Waals surface area contributed by atoms with Gasteiger partial charge in [-0.15, -0.1) is 0 Å². The monoisotopic (exact) mass is 271 g/mol. The van der Waals surface area contributed by atoms with Crippen LogP contribution in [0.5, 0.6) is 5.75 Å². The first-order valence-corrected chi connectivity index (χ1v) is 8.07. The Morgan fingerprint density at radius 3 is 2.67 bits per heavy atom. The highest BCUT2D eigenvalue weighted by Gasteiger charge is 2.14. The minimum atomic E-state index is -2.93. The SMILES string of the molecule is CCNC(CCS(C)(=O)=O)c1cccc(OC)c1. The third-order valence-corrected chi connectivity index (χ3v) is 3.70. The molecule has 0 aliphatic heterocycles. The van der Waals surface area contributed by atoms with Gasteiger partial charge in [0.15, 0.2) is 0 Å². The number of sulfone groups is 1. The number of methoxy groups -OCH3 is 1. The molecule has 18 heavy (non-hydrogen) atoms. The lowest BCUT2D eigenvalue weighted by Gasteiger charge is -2.18. The molecule has 1 aromatic carbocycles. The summed E-state index contributed by atoms with van der Waals surface area (Å²) in [6.45, 7) is 2.80. The van der Waals surface area contributed by atoms with Crippen molar-refractivity contribution in [2.24, 2.45) is 0 Å². The van der Waals surface area contributed by atoms with E-state index in [2.05, 4.69) is 5.32 Å². The minimum Gasteiger partial charge on any atom is -0.497 e. The van der Waals surface area contributed by atoms with E-state index in [0.717, 1.165) is 17.9 Å². The molecule has 1 N–H and O–H groups in total. The maximum Gasteiger partial charge on any atom is 0.147 e. The van der Waals surface area contributed by atoms with Gasteiger partial charge in [0.05, 0.1) is 12.9 Å². The molecule has 1 aromatic rings. The van der Waals surface area contributed by atoms with E-state index in [1.165, 1.54) is 6.26 Å². The lowest BCUT2D eigenvalue weighted by molar-refractivity contribution is 0.412. The molecule has 0 saturated heterocycles. The van der Waals surface area contributed by atoms with E-state index in [4.69, 9.17) is 4.74 Å². The Morgan fingerprint density at radius 2 is 2.11 bits per heavy atom. The van der Waals surface area contributed by atoms with E-state index in [1.807, 2.05) is 31.2 Å². The summed E-state index contributed by atoms with van der Waals surface area (Å²) >= 11 is 0. The first-order chi connectivity index (χ1) is 8.46. The number of benzene rings is 1. The fourth-order valence-electron chi connectivity index (χ4n) is 1.82. The Balaban J connectivity index is 2.82. The molecule has 0 fully saturated rings. The summed E-state index contributed by atoms with van der Waals surface area (Å²) in [7, 11) is -1.31. The molecule has 4 nitrogen and oxygen atoms in total. The van der Waals surface area contributed by atoms with Crippen LogP contribution in [0.1, 0.15) is 24.9 Å². The van der Waals surface area contributed by atoms with E-state index in [-0.39, 0.29) is 11.8 Å². The maximum atomic E-state index is 11.2. The fraction of sp³-hybridized carbons (Fsp3) is 0.538. The molecule has 0 aliphatic rings. The van der Waals surface area contributed by atoms with Crippen molar-refractivity contribution in [3.05, 3.63) is 29.8 Å². The zero-order valence-corrected chi connectivity index (χ0v) is 12.0. The van der Waals surface area contributed by atoms with Crippen LogP contribution in [0, 0.1) is 0 Å². The molecule has 1 atom stereocenters. The summed E-state index contributed by atoms with van der Waals surface area (Å²) in [4.78, 5) is 0. The van der Waals surface area contributed by atoms with E-state index in [0.29, 0.717) is 6.42 Å². The van der Waals surface area contributed by atoms with Gasteiger partial charge >= 0.3 is 0 Å². The third kappa shape index (κ3) is 5.06. The highest BCUT2D eigenvalue weighted by atomic mass is 32.2. The molecular weight excluding hydrogens is 250 g/mol. The average molecular weight is 271 g/mol. The molecule has 0 spiro atoms. The van der Waals surface area contributed by atoms with Crippen molar-refractivity contribution >= 4 is 9.84 Å². The molecule has 5 heteroatoms. The number of hydrogen-bond donors (Lipinski definition) is 1. The molecule has 0 radical (unpaired) electrons. The lowest BCUT2D eigenvalue weighted by atomic mass is 10.0. The summed E-state index contributed by atoms with van der Waals surface area (Å²) in [5.41, 5.74) is 1.06. The summed E-state index contributed by atoms with van der Waals surface area (Å²) in [6, 6.07) is 7.76. The van der Waals surface area contributed by atoms with Crippen molar-refractivity contribution < 1.29 is 13.2 Å². The van der Waals surface area contributed by atoms with Gasteiger partial charge in [0.25, 0.3) is 0 Å². The van der Waals surface area contributed by atoms with Crippen LogP contribution in [0.3, 0.4) is 0 Å². The van der Waals surface area contributed by atoms with Crippen LogP contribution in [-0.2, 0) is 9.84 Å². The van der Waals surface area contributed by atoms with Crippen LogP contribution in [0.25, 0.3) is 0 Å². The van der Waals surface area contributed by atoms with E-state index < -0.39 is 9.84 Å². The standard InChI is InChI=1S/C13H21NO3S/c1-4-14-13(8-9-18(3,15)16)11-6-5-7-12(10-11)17-2/h5-7,10,13-14H,4,8-9H2,1-3H3. The van der Waals surface area contributed by atoms with Crippen molar-refractivity contribution in [2.45, 2.75) is 19.4 Å². The number of ether oxygens (including phenoxy) is 1. The van der Waals surface area contributed by atoms with Gasteiger partial charge in [-0.1, -0.05) is 19.1 Å². The van der Waals surface area contributed by atoms with Gasteiger partial charge in [-0.05, 0) is 30.7 Å². The van der Waals surface area contributed by atoms with Crippen molar-refractivity contribution in [3.8, 4) is 5.75 Å². The molecule has 0 heterocycles. The largest absolute Gasteiger partial charge is 0.497 e. The van der Waals surface area contributed by atoms with Crippen LogP contribution in [-0.4, -0.2) is 34.1 Å². The Hall–Kier alpha value is -1.07. The van der Waals surface area contributed by atoms with E-state index >= 15 is 0 Å². The predicted molar refractivity (Wildman–Crippen MR) is 73.7 cm³/mol. The molecule has 0 amide bonds. The van der Waals surface area contributed by atoms with Crippen molar-refractivity contribution in [3.63, 3.8) is 0 Å². The second kappa shape index (κ2) is 6.75. The summed E-state index contributed by atoms with van der Waals surface area (Å²) < 4.78 is 27.7. The van der Waals surface area contributed by atoms with E-state index in [9.17, 15) is 8.42 Å². The molecular formula is C13H21NO3S. The zero-order valence-electron chi connectivity index (χ0n) is 11.1. The molecule has 0 bridgehead atoms. The Bertz CT molecular complexity index is 471. The van der Waals surface area contributed by atoms with Crippen molar-refractivity contribution in [1.82, 2.24) is 5.32 Å². The second-order valence-corrected chi connectivity index (χ2v) is 6.57. The summed E-state index contributed by atoms with van der Waals surface area (Å²) in [5, 5.41) is 3.30. The maximum absolute atomic E-state index is 11.2. The molecule has 1 rings (SSSR count). The average Bonchev–Trinajstić information content (AvgIpc) is 2.33. The minimum absolute atomic E-state index is 0.0415. The fourth-order valence-corrected chi connectivity index (χ4v) is 2.49. The topological polar surface area (TPSA) is 55.4 Å². The first kappa shape index (κ1) is 15.0. The lowest BCUT2D eigenvalue weighted by Crippen LogP contribution is -2.23. The molecule has 0 aromatic heterocycles. The quantitative estimate of drug-likeness (QED) is 0.821. The van der Waals surface area contributed by atoms with Crippen LogP contribution in [0.4, 0.5) is 0 Å². The van der Waals surface area contributed by atoms with Gasteiger partial charge in [0.2, 0.25) is 0 Å². The van der Waals surface area contributed by atoms with Gasteiger partial charge in [-0.2, -0.15) is 0 Å². The second-order valence-electron chi connectivity index (χ2n) is 4.31. The predicted octanol–water partition coefficient (Wildman–Crippen LogP) is 1.78. The van der Waals surface area contributed by atoms with Gasteiger partial charge in [0, 0.05) is 12.3 Å². The van der Waals surface area contributed by atoms with Gasteiger partial charge in [-0.3, -0.25) is 0 Å². The number of hydrogen-bond acceptors (Lipinski definition) is 4. The first-order valence-electron chi connectivity index (χ1n) is 6.01. The van der Waals surface area contributed by atoms with Gasteiger partial charge in [0.1, 0.15) is 15.6 Å². The summed E-state index contributed by atoms with van der Waals surface area (Å²) in [6.07, 6.45) is 1.83. The van der Waals surface area contributed by atoms with Crippen LogP contribution >= 0.6 is 0 Å². The van der Waals surface area contributed by atoms with Crippen LogP contribution in [0.15, 0.2) is 24.3 Å². The molecule has 1 unspecified atom stereocenters. The highest BCUT2D eigenvalue weighted by Crippen LogP contribution is 2.22. The van der Waals surface area contributed by atoms with Gasteiger partial charge < -0.3 is 10.1 Å². The van der Waals surface area contributed by atoms with Gasteiger partial charge in [-0.25, -0.2) is 8.42 Å². The Morgan fingerprint density at radius 1 is 1.39 bits per heavy atom. The molecule has 102 valence electrons. The molecule has 0 aliphatic carbocycles.